The monoisotopic (exact) mass is 381 g/mol. The normalized spacial score (nSPS) is 11.6. The fourth-order valence-corrected chi connectivity index (χ4v) is 3.44. The summed E-state index contributed by atoms with van der Waals surface area (Å²) in [5.74, 6) is -0.448. The molecule has 0 aromatic heterocycles. The van der Waals surface area contributed by atoms with E-state index in [-0.39, 0.29) is 11.7 Å². The number of hydrogen-bond donors (Lipinski definition) is 1. The van der Waals surface area contributed by atoms with Gasteiger partial charge in [0.15, 0.2) is 5.78 Å². The van der Waals surface area contributed by atoms with Crippen molar-refractivity contribution in [1.82, 2.24) is 5.32 Å². The Morgan fingerprint density at radius 3 is 1.88 bits per heavy atom. The maximum atomic E-state index is 12.9. The number of benzene rings is 3. The average Bonchev–Trinajstić information content (AvgIpc) is 2.70. The van der Waals surface area contributed by atoms with E-state index < -0.39 is 5.37 Å². The van der Waals surface area contributed by atoms with E-state index in [9.17, 15) is 9.59 Å². The highest BCUT2D eigenvalue weighted by Gasteiger charge is 2.23. The zero-order valence-electron chi connectivity index (χ0n) is 13.8. The summed E-state index contributed by atoms with van der Waals surface area (Å²) in [5.41, 5.74) is 1.06. The summed E-state index contributed by atoms with van der Waals surface area (Å²) in [6.07, 6.45) is 0. The third-order valence-corrected chi connectivity index (χ3v) is 5.03. The Bertz CT molecular complexity index is 883. The molecule has 0 saturated heterocycles. The number of hydrogen-bond acceptors (Lipinski definition) is 3. The minimum Gasteiger partial charge on any atom is -0.333 e. The van der Waals surface area contributed by atoms with E-state index in [4.69, 9.17) is 11.6 Å². The molecular weight excluding hydrogens is 366 g/mol. The number of thioether (sulfide) groups is 1. The second-order valence-electron chi connectivity index (χ2n) is 5.52. The molecule has 5 heteroatoms. The van der Waals surface area contributed by atoms with Crippen LogP contribution in [0.1, 0.15) is 20.7 Å². The molecule has 3 aromatic carbocycles. The molecule has 1 atom stereocenters. The van der Waals surface area contributed by atoms with Gasteiger partial charge in [-0.2, -0.15) is 0 Å². The summed E-state index contributed by atoms with van der Waals surface area (Å²) in [5, 5.41) is 2.71. The summed E-state index contributed by atoms with van der Waals surface area (Å²) in [7, 11) is 0. The van der Waals surface area contributed by atoms with Crippen LogP contribution in [0.2, 0.25) is 5.02 Å². The topological polar surface area (TPSA) is 46.2 Å². The minimum absolute atomic E-state index is 0.158. The smallest absolute Gasteiger partial charge is 0.252 e. The van der Waals surface area contributed by atoms with Crippen LogP contribution in [-0.4, -0.2) is 17.1 Å². The van der Waals surface area contributed by atoms with Crippen molar-refractivity contribution in [1.29, 1.82) is 0 Å². The van der Waals surface area contributed by atoms with E-state index in [1.165, 1.54) is 11.8 Å². The van der Waals surface area contributed by atoms with E-state index in [1.807, 2.05) is 24.3 Å². The maximum Gasteiger partial charge on any atom is 0.252 e. The molecule has 0 bridgehead atoms. The van der Waals surface area contributed by atoms with Crippen molar-refractivity contribution >= 4 is 35.1 Å². The number of nitrogens with one attached hydrogen (secondary N) is 1. The second-order valence-corrected chi connectivity index (χ2v) is 7.14. The van der Waals surface area contributed by atoms with Gasteiger partial charge in [0.25, 0.3) is 5.91 Å². The largest absolute Gasteiger partial charge is 0.333 e. The lowest BCUT2D eigenvalue weighted by Gasteiger charge is -2.17. The van der Waals surface area contributed by atoms with E-state index in [2.05, 4.69) is 5.32 Å². The van der Waals surface area contributed by atoms with Crippen LogP contribution in [0.3, 0.4) is 0 Å². The third kappa shape index (κ3) is 4.75. The molecule has 1 N–H and O–H groups in total. The highest BCUT2D eigenvalue weighted by molar-refractivity contribution is 8.00. The van der Waals surface area contributed by atoms with Gasteiger partial charge in [0.1, 0.15) is 5.37 Å². The number of Topliss-reactive ketones (excluding diaryl/α,β-unsaturated/α-hetero) is 1. The van der Waals surface area contributed by atoms with Crippen molar-refractivity contribution in [3.05, 3.63) is 101 Å². The number of rotatable bonds is 6. The Morgan fingerprint density at radius 2 is 1.31 bits per heavy atom. The predicted molar refractivity (Wildman–Crippen MR) is 106 cm³/mol. The van der Waals surface area contributed by atoms with Crippen LogP contribution < -0.4 is 5.32 Å². The van der Waals surface area contributed by atoms with Gasteiger partial charge in [-0.3, -0.25) is 9.59 Å². The fourth-order valence-electron chi connectivity index (χ4n) is 2.34. The molecule has 0 aliphatic heterocycles. The van der Waals surface area contributed by atoms with E-state index in [0.29, 0.717) is 16.1 Å². The molecule has 0 aliphatic rings. The van der Waals surface area contributed by atoms with Crippen molar-refractivity contribution in [2.45, 2.75) is 10.3 Å². The molecule has 1 unspecified atom stereocenters. The highest BCUT2D eigenvalue weighted by Crippen LogP contribution is 2.26. The summed E-state index contributed by atoms with van der Waals surface area (Å²) < 4.78 is 0. The third-order valence-electron chi connectivity index (χ3n) is 3.66. The fraction of sp³-hybridized carbons (Fsp3) is 0.0476. The molecule has 0 spiro atoms. The quantitative estimate of drug-likeness (QED) is 0.368. The van der Waals surface area contributed by atoms with Gasteiger partial charge in [0, 0.05) is 21.0 Å². The van der Waals surface area contributed by atoms with E-state index in [0.717, 1.165) is 4.90 Å². The number of amides is 1. The number of carbonyl (C=O) groups excluding carboxylic acids is 2. The lowest BCUT2D eigenvalue weighted by molar-refractivity contribution is 0.0892. The van der Waals surface area contributed by atoms with Gasteiger partial charge in [-0.15, -0.1) is 0 Å². The van der Waals surface area contributed by atoms with Crippen LogP contribution in [0.5, 0.6) is 0 Å². The Balaban J connectivity index is 1.84. The predicted octanol–water partition coefficient (Wildman–Crippen LogP) is 5.07. The Labute approximate surface area is 161 Å². The van der Waals surface area contributed by atoms with Gasteiger partial charge in [-0.05, 0) is 36.4 Å². The van der Waals surface area contributed by atoms with Crippen molar-refractivity contribution in [3.8, 4) is 0 Å². The van der Waals surface area contributed by atoms with E-state index in [1.54, 1.807) is 60.7 Å². The molecule has 3 rings (SSSR count). The van der Waals surface area contributed by atoms with Gasteiger partial charge in [0.2, 0.25) is 0 Å². The van der Waals surface area contributed by atoms with Crippen LogP contribution in [0.4, 0.5) is 0 Å². The molecule has 0 aliphatic carbocycles. The Kier molecular flexibility index (Phi) is 6.10. The van der Waals surface area contributed by atoms with Crippen LogP contribution in [0.25, 0.3) is 0 Å². The minimum atomic E-state index is -0.744. The summed E-state index contributed by atoms with van der Waals surface area (Å²) in [4.78, 5) is 26.3. The van der Waals surface area contributed by atoms with E-state index >= 15 is 0 Å². The number of carbonyl (C=O) groups is 2. The molecule has 0 fully saturated rings. The van der Waals surface area contributed by atoms with Crippen molar-refractivity contribution in [3.63, 3.8) is 0 Å². The highest BCUT2D eigenvalue weighted by atomic mass is 35.5. The number of ketones is 1. The maximum absolute atomic E-state index is 12.9. The zero-order chi connectivity index (χ0) is 18.4. The Hall–Kier alpha value is -2.56. The van der Waals surface area contributed by atoms with Crippen molar-refractivity contribution < 1.29 is 9.59 Å². The molecule has 0 radical (unpaired) electrons. The standard InChI is InChI=1S/C21H16ClNO2S/c22-17-11-13-18(14-12-17)26-21(19(24)15-7-3-1-4-8-15)23-20(25)16-9-5-2-6-10-16/h1-14,21H,(H,23,25). The second kappa shape index (κ2) is 8.70. The first-order valence-corrected chi connectivity index (χ1v) is 9.26. The molecule has 1 amide bonds. The zero-order valence-corrected chi connectivity index (χ0v) is 15.3. The Morgan fingerprint density at radius 1 is 0.769 bits per heavy atom. The molecule has 0 heterocycles. The van der Waals surface area contributed by atoms with Gasteiger partial charge in [-0.25, -0.2) is 0 Å². The molecule has 26 heavy (non-hydrogen) atoms. The lowest BCUT2D eigenvalue weighted by atomic mass is 10.1. The lowest BCUT2D eigenvalue weighted by Crippen LogP contribution is -2.38. The summed E-state index contributed by atoms with van der Waals surface area (Å²) in [6.45, 7) is 0. The van der Waals surface area contributed by atoms with Crippen molar-refractivity contribution in [2.24, 2.45) is 0 Å². The number of halogens is 1. The van der Waals surface area contributed by atoms with Gasteiger partial charge >= 0.3 is 0 Å². The first-order chi connectivity index (χ1) is 12.6. The first kappa shape index (κ1) is 18.2. The molecule has 130 valence electrons. The average molecular weight is 382 g/mol. The SMILES string of the molecule is O=C(NC(Sc1ccc(Cl)cc1)C(=O)c1ccccc1)c1ccccc1. The molecule has 3 aromatic rings. The van der Waals surface area contributed by atoms with Gasteiger partial charge in [0.05, 0.1) is 0 Å². The van der Waals surface area contributed by atoms with Crippen LogP contribution in [-0.2, 0) is 0 Å². The van der Waals surface area contributed by atoms with Crippen LogP contribution in [0, 0.1) is 0 Å². The van der Waals surface area contributed by atoms with Crippen molar-refractivity contribution in [2.75, 3.05) is 0 Å². The summed E-state index contributed by atoms with van der Waals surface area (Å²) in [6, 6.07) is 24.9. The van der Waals surface area contributed by atoms with Crippen LogP contribution in [0.15, 0.2) is 89.8 Å². The van der Waals surface area contributed by atoms with Gasteiger partial charge in [-0.1, -0.05) is 71.9 Å². The first-order valence-electron chi connectivity index (χ1n) is 8.01. The molecule has 3 nitrogen and oxygen atoms in total. The van der Waals surface area contributed by atoms with Crippen LogP contribution >= 0.6 is 23.4 Å². The molecule has 0 saturated carbocycles. The molecular formula is C21H16ClNO2S. The summed E-state index contributed by atoms with van der Waals surface area (Å²) >= 11 is 7.21. The van der Waals surface area contributed by atoms with Gasteiger partial charge < -0.3 is 5.32 Å².